The number of aryl methyl sites for hydroxylation is 1. The SMILES string of the molecule is CCOC(=O)CCNS(=O)(=O)c1ccc(C)cc1N. The number of ether oxygens (including phenoxy) is 1. The van der Waals surface area contributed by atoms with Crippen LogP contribution in [0.25, 0.3) is 0 Å². The molecule has 7 heteroatoms. The molecule has 1 rings (SSSR count). The molecule has 3 N–H and O–H groups in total. The van der Waals surface area contributed by atoms with E-state index in [0.29, 0.717) is 0 Å². The maximum Gasteiger partial charge on any atom is 0.307 e. The van der Waals surface area contributed by atoms with Crippen LogP contribution in [0.3, 0.4) is 0 Å². The van der Waals surface area contributed by atoms with E-state index in [9.17, 15) is 13.2 Å². The van der Waals surface area contributed by atoms with Crippen LogP contribution in [0.1, 0.15) is 18.9 Å². The van der Waals surface area contributed by atoms with Crippen molar-refractivity contribution in [2.24, 2.45) is 0 Å². The lowest BCUT2D eigenvalue weighted by atomic mass is 10.2. The fourth-order valence-electron chi connectivity index (χ4n) is 1.51. The third kappa shape index (κ3) is 4.53. The summed E-state index contributed by atoms with van der Waals surface area (Å²) in [4.78, 5) is 11.1. The van der Waals surface area contributed by atoms with Crippen molar-refractivity contribution in [1.82, 2.24) is 4.72 Å². The molecule has 1 aromatic carbocycles. The zero-order chi connectivity index (χ0) is 14.5. The summed E-state index contributed by atoms with van der Waals surface area (Å²) in [5.41, 5.74) is 6.74. The van der Waals surface area contributed by atoms with Crippen LogP contribution in [-0.4, -0.2) is 27.5 Å². The zero-order valence-corrected chi connectivity index (χ0v) is 11.8. The van der Waals surface area contributed by atoms with Crippen molar-refractivity contribution in [3.8, 4) is 0 Å². The van der Waals surface area contributed by atoms with Gasteiger partial charge < -0.3 is 10.5 Å². The van der Waals surface area contributed by atoms with Crippen molar-refractivity contribution in [3.63, 3.8) is 0 Å². The summed E-state index contributed by atoms with van der Waals surface area (Å²) < 4.78 is 30.9. The molecule has 0 amide bonds. The fourth-order valence-corrected chi connectivity index (χ4v) is 2.65. The summed E-state index contributed by atoms with van der Waals surface area (Å²) >= 11 is 0. The second-order valence-corrected chi connectivity index (χ2v) is 5.73. The highest BCUT2D eigenvalue weighted by Gasteiger charge is 2.17. The maximum absolute atomic E-state index is 12.0. The van der Waals surface area contributed by atoms with Crippen LogP contribution in [0.4, 0.5) is 5.69 Å². The van der Waals surface area contributed by atoms with Gasteiger partial charge in [0.1, 0.15) is 4.90 Å². The van der Waals surface area contributed by atoms with Gasteiger partial charge in [-0.25, -0.2) is 13.1 Å². The molecule has 0 spiro atoms. The van der Waals surface area contributed by atoms with E-state index in [0.717, 1.165) is 5.56 Å². The molecule has 0 heterocycles. The van der Waals surface area contributed by atoms with Gasteiger partial charge in [-0.3, -0.25) is 4.79 Å². The summed E-state index contributed by atoms with van der Waals surface area (Å²) in [5, 5.41) is 0. The first kappa shape index (κ1) is 15.5. The van der Waals surface area contributed by atoms with E-state index in [1.54, 1.807) is 19.1 Å². The summed E-state index contributed by atoms with van der Waals surface area (Å²) in [7, 11) is -3.70. The fraction of sp³-hybridized carbons (Fsp3) is 0.417. The minimum Gasteiger partial charge on any atom is -0.466 e. The van der Waals surface area contributed by atoms with Gasteiger partial charge in [0.15, 0.2) is 0 Å². The quantitative estimate of drug-likeness (QED) is 0.595. The Morgan fingerprint density at radius 3 is 2.68 bits per heavy atom. The van der Waals surface area contributed by atoms with Crippen LogP contribution in [-0.2, 0) is 19.6 Å². The van der Waals surface area contributed by atoms with Crippen molar-refractivity contribution in [2.75, 3.05) is 18.9 Å². The van der Waals surface area contributed by atoms with Gasteiger partial charge in [-0.2, -0.15) is 0 Å². The Balaban J connectivity index is 2.68. The number of rotatable bonds is 6. The van der Waals surface area contributed by atoms with Crippen molar-refractivity contribution in [1.29, 1.82) is 0 Å². The molecule has 1 aromatic rings. The first-order valence-corrected chi connectivity index (χ1v) is 7.36. The van der Waals surface area contributed by atoms with Gasteiger partial charge >= 0.3 is 5.97 Å². The molecule has 106 valence electrons. The molecule has 0 aliphatic heterocycles. The number of carbonyl (C=O) groups is 1. The molecule has 0 radical (unpaired) electrons. The van der Waals surface area contributed by atoms with Gasteiger partial charge in [-0.05, 0) is 31.5 Å². The van der Waals surface area contributed by atoms with Crippen molar-refractivity contribution >= 4 is 21.7 Å². The molecular weight excluding hydrogens is 268 g/mol. The average molecular weight is 286 g/mol. The van der Waals surface area contributed by atoms with E-state index >= 15 is 0 Å². The molecule has 0 atom stereocenters. The van der Waals surface area contributed by atoms with Gasteiger partial charge in [-0.1, -0.05) is 6.07 Å². The minimum absolute atomic E-state index is 0.0150. The number of anilines is 1. The number of hydrogen-bond acceptors (Lipinski definition) is 5. The van der Waals surface area contributed by atoms with E-state index in [4.69, 9.17) is 10.5 Å². The summed E-state index contributed by atoms with van der Waals surface area (Å²) in [6, 6.07) is 4.69. The lowest BCUT2D eigenvalue weighted by Gasteiger charge is -2.09. The molecule has 0 saturated carbocycles. The second kappa shape index (κ2) is 6.53. The Hall–Kier alpha value is -1.60. The number of carbonyl (C=O) groups excluding carboxylic acids is 1. The standard InChI is InChI=1S/C12H18N2O4S/c1-3-18-12(15)6-7-14-19(16,17)11-5-4-9(2)8-10(11)13/h4-5,8,14H,3,6-7,13H2,1-2H3. The highest BCUT2D eigenvalue weighted by atomic mass is 32.2. The van der Waals surface area contributed by atoms with Crippen LogP contribution in [0.5, 0.6) is 0 Å². The Morgan fingerprint density at radius 1 is 1.42 bits per heavy atom. The third-order valence-corrected chi connectivity index (χ3v) is 3.92. The van der Waals surface area contributed by atoms with Crippen LogP contribution in [0.15, 0.2) is 23.1 Å². The topological polar surface area (TPSA) is 98.5 Å². The summed E-state index contributed by atoms with van der Waals surface area (Å²) in [6.07, 6.45) is -0.0150. The average Bonchev–Trinajstić information content (AvgIpc) is 2.28. The number of nitrogens with two attached hydrogens (primary N) is 1. The molecule has 19 heavy (non-hydrogen) atoms. The summed E-state index contributed by atoms with van der Waals surface area (Å²) in [6.45, 7) is 3.76. The van der Waals surface area contributed by atoms with Gasteiger partial charge in [-0.15, -0.1) is 0 Å². The van der Waals surface area contributed by atoms with Gasteiger partial charge in [0, 0.05) is 6.54 Å². The number of sulfonamides is 1. The zero-order valence-electron chi connectivity index (χ0n) is 11.0. The van der Waals surface area contributed by atoms with E-state index in [1.165, 1.54) is 6.07 Å². The second-order valence-electron chi connectivity index (χ2n) is 3.99. The predicted molar refractivity (Wildman–Crippen MR) is 72.0 cm³/mol. The minimum atomic E-state index is -3.70. The normalized spacial score (nSPS) is 11.3. The van der Waals surface area contributed by atoms with Crippen LogP contribution in [0.2, 0.25) is 0 Å². The Morgan fingerprint density at radius 2 is 2.11 bits per heavy atom. The first-order valence-electron chi connectivity index (χ1n) is 5.88. The van der Waals surface area contributed by atoms with E-state index in [2.05, 4.69) is 4.72 Å². The number of nitrogens with one attached hydrogen (secondary N) is 1. The van der Waals surface area contributed by atoms with Crippen LogP contribution in [0, 0.1) is 6.92 Å². The highest BCUT2D eigenvalue weighted by Crippen LogP contribution is 2.19. The number of esters is 1. The molecule has 0 bridgehead atoms. The van der Waals surface area contributed by atoms with Crippen LogP contribution < -0.4 is 10.5 Å². The highest BCUT2D eigenvalue weighted by molar-refractivity contribution is 7.89. The molecule has 0 aliphatic carbocycles. The summed E-state index contributed by atoms with van der Waals surface area (Å²) in [5.74, 6) is -0.443. The van der Waals surface area contributed by atoms with Crippen molar-refractivity contribution < 1.29 is 17.9 Å². The van der Waals surface area contributed by atoms with Gasteiger partial charge in [0.2, 0.25) is 10.0 Å². The number of hydrogen-bond donors (Lipinski definition) is 2. The molecule has 0 aromatic heterocycles. The van der Waals surface area contributed by atoms with Crippen molar-refractivity contribution in [3.05, 3.63) is 23.8 Å². The van der Waals surface area contributed by atoms with E-state index in [-0.39, 0.29) is 30.2 Å². The monoisotopic (exact) mass is 286 g/mol. The smallest absolute Gasteiger partial charge is 0.307 e. The Labute approximate surface area is 113 Å². The Bertz CT molecular complexity index is 555. The van der Waals surface area contributed by atoms with Gasteiger partial charge in [0.25, 0.3) is 0 Å². The van der Waals surface area contributed by atoms with Crippen LogP contribution >= 0.6 is 0 Å². The number of nitrogen functional groups attached to an aromatic ring is 1. The molecule has 0 fully saturated rings. The molecule has 6 nitrogen and oxygen atoms in total. The molecule has 0 saturated heterocycles. The van der Waals surface area contributed by atoms with E-state index < -0.39 is 16.0 Å². The number of benzene rings is 1. The predicted octanol–water partition coefficient (Wildman–Crippen LogP) is 0.809. The Kier molecular flexibility index (Phi) is 5.31. The largest absolute Gasteiger partial charge is 0.466 e. The first-order chi connectivity index (χ1) is 8.86. The third-order valence-electron chi connectivity index (χ3n) is 2.38. The molecule has 0 unspecified atom stereocenters. The molecule has 0 aliphatic rings. The van der Waals surface area contributed by atoms with Gasteiger partial charge in [0.05, 0.1) is 18.7 Å². The molecular formula is C12H18N2O4S. The maximum atomic E-state index is 12.0. The lowest BCUT2D eigenvalue weighted by Crippen LogP contribution is -2.27. The van der Waals surface area contributed by atoms with E-state index in [1.807, 2.05) is 6.92 Å². The lowest BCUT2D eigenvalue weighted by molar-refractivity contribution is -0.142. The van der Waals surface area contributed by atoms with Crippen molar-refractivity contribution in [2.45, 2.75) is 25.2 Å².